The minimum absolute atomic E-state index is 0.0863. The normalized spacial score (nSPS) is 21.9. The van der Waals surface area contributed by atoms with Crippen molar-refractivity contribution in [1.29, 1.82) is 5.26 Å². The van der Waals surface area contributed by atoms with E-state index in [1.54, 1.807) is 36.4 Å². The quantitative estimate of drug-likeness (QED) is 0.179. The molecule has 14 heteroatoms. The van der Waals surface area contributed by atoms with E-state index < -0.39 is 5.82 Å². The second kappa shape index (κ2) is 20.3. The lowest BCUT2D eigenvalue weighted by atomic mass is 10.0. The molecule has 52 heavy (non-hydrogen) atoms. The Labute approximate surface area is 306 Å². The summed E-state index contributed by atoms with van der Waals surface area (Å²) in [6, 6.07) is 17.0. The molecule has 3 saturated heterocycles. The third-order valence-electron chi connectivity index (χ3n) is 9.13. The molecule has 280 valence electrons. The number of likely N-dealkylation sites (tertiary alicyclic amines) is 1. The summed E-state index contributed by atoms with van der Waals surface area (Å²) < 4.78 is 25.9. The van der Waals surface area contributed by atoms with E-state index in [9.17, 15) is 9.18 Å². The Morgan fingerprint density at radius 2 is 1.88 bits per heavy atom. The number of halogens is 1. The number of nitrogens with two attached hydrogens (primary N) is 2. The maximum absolute atomic E-state index is 15.0. The highest BCUT2D eigenvalue weighted by atomic mass is 19.1. The molecule has 0 amide bonds. The topological polar surface area (TPSA) is 170 Å². The van der Waals surface area contributed by atoms with Gasteiger partial charge in [-0.1, -0.05) is 31.2 Å². The van der Waals surface area contributed by atoms with Gasteiger partial charge in [-0.2, -0.15) is 5.26 Å². The second-order valence-electron chi connectivity index (χ2n) is 13.3. The van der Waals surface area contributed by atoms with Crippen LogP contribution in [0.2, 0.25) is 0 Å². The van der Waals surface area contributed by atoms with E-state index in [-0.39, 0.29) is 28.7 Å². The average Bonchev–Trinajstić information content (AvgIpc) is 3.11. The SMILES string of the molecule is CC(C)N1CCN(C2COC2)CC1.CC/C=C(\C#N)C=O.CN1CCCC(N=C2NNN=C(N)/C2=C(/N)c2ccc(Oc3ccccc3)cc2F)C1. The fourth-order valence-electron chi connectivity index (χ4n) is 6.10. The van der Waals surface area contributed by atoms with Crippen molar-refractivity contribution < 1.29 is 18.7 Å². The lowest BCUT2D eigenvalue weighted by molar-refractivity contribution is -0.104. The number of rotatable bonds is 8. The van der Waals surface area contributed by atoms with E-state index in [4.69, 9.17) is 31.2 Å². The summed E-state index contributed by atoms with van der Waals surface area (Å²) in [6.07, 6.45) is 4.90. The highest BCUT2D eigenvalue weighted by Crippen LogP contribution is 2.27. The first-order chi connectivity index (χ1) is 25.1. The first-order valence-electron chi connectivity index (χ1n) is 17.9. The monoisotopic (exact) mass is 716 g/mol. The van der Waals surface area contributed by atoms with Gasteiger partial charge in [0.05, 0.1) is 42.1 Å². The van der Waals surface area contributed by atoms with Crippen molar-refractivity contribution in [1.82, 2.24) is 25.7 Å². The van der Waals surface area contributed by atoms with Crippen molar-refractivity contribution >= 4 is 23.7 Å². The van der Waals surface area contributed by atoms with Crippen molar-refractivity contribution in [3.05, 3.63) is 77.1 Å². The van der Waals surface area contributed by atoms with Gasteiger partial charge in [-0.05, 0) is 71.0 Å². The molecule has 6 rings (SSSR count). The van der Waals surface area contributed by atoms with Crippen molar-refractivity contribution in [2.24, 2.45) is 21.6 Å². The molecule has 4 aliphatic rings. The Balaban J connectivity index is 0.000000235. The number of hydrazone groups is 1. The predicted molar refractivity (Wildman–Crippen MR) is 203 cm³/mol. The van der Waals surface area contributed by atoms with Crippen molar-refractivity contribution in [2.45, 2.75) is 58.2 Å². The molecule has 0 spiro atoms. The van der Waals surface area contributed by atoms with Gasteiger partial charge in [-0.25, -0.2) is 9.93 Å². The van der Waals surface area contributed by atoms with Crippen LogP contribution in [0.3, 0.4) is 0 Å². The zero-order valence-electron chi connectivity index (χ0n) is 30.7. The molecule has 4 heterocycles. The molecular weight excluding hydrogens is 663 g/mol. The molecule has 2 aromatic rings. The van der Waals surface area contributed by atoms with Crippen LogP contribution in [0.25, 0.3) is 5.70 Å². The Morgan fingerprint density at radius 1 is 1.15 bits per heavy atom. The molecule has 1 unspecified atom stereocenters. The van der Waals surface area contributed by atoms with Crippen molar-refractivity contribution in [3.63, 3.8) is 0 Å². The number of nitrogens with one attached hydrogen (secondary N) is 2. The van der Waals surface area contributed by atoms with Crippen LogP contribution in [0.1, 0.15) is 45.6 Å². The van der Waals surface area contributed by atoms with Crippen LogP contribution in [-0.4, -0.2) is 110 Å². The average molecular weight is 717 g/mol. The van der Waals surface area contributed by atoms with Gasteiger partial charge < -0.3 is 25.8 Å². The van der Waals surface area contributed by atoms with Gasteiger partial charge in [0.15, 0.2) is 18.0 Å². The van der Waals surface area contributed by atoms with Crippen LogP contribution in [0, 0.1) is 17.1 Å². The lowest BCUT2D eigenvalue weighted by Crippen LogP contribution is -2.57. The minimum Gasteiger partial charge on any atom is -0.457 e. The molecule has 2 aromatic carbocycles. The number of nitriles is 1. The second-order valence-corrected chi connectivity index (χ2v) is 13.3. The van der Waals surface area contributed by atoms with E-state index in [1.165, 1.54) is 32.2 Å². The number of piperazine rings is 1. The minimum atomic E-state index is -0.526. The summed E-state index contributed by atoms with van der Waals surface area (Å²) in [5.74, 6) is 1.06. The van der Waals surface area contributed by atoms with E-state index in [2.05, 4.69) is 51.7 Å². The highest BCUT2D eigenvalue weighted by molar-refractivity contribution is 6.27. The molecule has 0 radical (unpaired) electrons. The number of nitrogens with zero attached hydrogens (tertiary/aromatic N) is 6. The number of allylic oxidation sites excluding steroid dienone is 2. The summed E-state index contributed by atoms with van der Waals surface area (Å²) in [5.41, 5.74) is 18.9. The molecular formula is C38H53FN10O3. The Kier molecular flexibility index (Phi) is 15.6. The van der Waals surface area contributed by atoms with Crippen molar-refractivity contribution in [3.8, 4) is 17.6 Å². The van der Waals surface area contributed by atoms with Gasteiger partial charge in [0.25, 0.3) is 0 Å². The molecule has 3 fully saturated rings. The Hall–Kier alpha value is -4.81. The smallest absolute Gasteiger partial charge is 0.160 e. The lowest BCUT2D eigenvalue weighted by Gasteiger charge is -2.43. The number of hydrogen-bond donors (Lipinski definition) is 4. The number of amidine groups is 2. The maximum atomic E-state index is 15.0. The summed E-state index contributed by atoms with van der Waals surface area (Å²) in [4.78, 5) is 22.0. The fourth-order valence-corrected chi connectivity index (χ4v) is 6.10. The predicted octanol–water partition coefficient (Wildman–Crippen LogP) is 3.62. The standard InChI is InChI=1S/C22H26FN7O.C10H20N2O.C6H7NO/c1-30-11-5-6-14(13-30)26-22-19(21(25)27-29-28-22)20(24)17-10-9-16(12-18(17)23)31-15-7-3-2-4-8-15;1-9(2)11-3-5-12(6-4-11)10-7-13-8-10;1-2-3-6(4-7)5-8/h2-4,7-10,12,14,29H,5-6,11,13,24H2,1H3,(H2,25,27)(H,26,28);9-10H,3-8H2,1-2H3;3,5H,2H2,1H3/b20-19-;;6-3+. The number of ether oxygens (including phenoxy) is 2. The van der Waals surface area contributed by atoms with Gasteiger partial charge in [-0.15, -0.1) is 5.10 Å². The molecule has 0 aliphatic carbocycles. The van der Waals surface area contributed by atoms with Gasteiger partial charge in [0, 0.05) is 50.4 Å². The number of para-hydroxylation sites is 1. The van der Waals surface area contributed by atoms with Gasteiger partial charge in [0.1, 0.15) is 23.4 Å². The van der Waals surface area contributed by atoms with Crippen LogP contribution >= 0.6 is 0 Å². The number of piperidine rings is 1. The first-order valence-corrected chi connectivity index (χ1v) is 17.9. The van der Waals surface area contributed by atoms with Crippen LogP contribution in [0.4, 0.5) is 4.39 Å². The number of aliphatic imine (C=N–C) groups is 1. The summed E-state index contributed by atoms with van der Waals surface area (Å²) in [5, 5.41) is 12.1. The third-order valence-corrected chi connectivity index (χ3v) is 9.13. The third kappa shape index (κ3) is 11.6. The molecule has 1 atom stereocenters. The molecule has 13 nitrogen and oxygen atoms in total. The van der Waals surface area contributed by atoms with E-state index in [0.29, 0.717) is 35.2 Å². The Morgan fingerprint density at radius 3 is 2.44 bits per heavy atom. The Bertz CT molecular complexity index is 1630. The van der Waals surface area contributed by atoms with Gasteiger partial charge in [0.2, 0.25) is 0 Å². The molecule has 0 bridgehead atoms. The largest absolute Gasteiger partial charge is 0.457 e. The summed E-state index contributed by atoms with van der Waals surface area (Å²) in [6.45, 7) is 15.1. The molecule has 4 aliphatic heterocycles. The van der Waals surface area contributed by atoms with E-state index in [1.807, 2.05) is 25.1 Å². The first kappa shape index (κ1) is 40.0. The molecule has 6 N–H and O–H groups in total. The van der Waals surface area contributed by atoms with Crippen LogP contribution in [0.5, 0.6) is 11.5 Å². The van der Waals surface area contributed by atoms with Crippen LogP contribution < -0.4 is 27.2 Å². The number of aldehydes is 1. The van der Waals surface area contributed by atoms with Gasteiger partial charge >= 0.3 is 0 Å². The molecule has 0 aromatic heterocycles. The zero-order chi connectivity index (χ0) is 37.5. The maximum Gasteiger partial charge on any atom is 0.160 e. The highest BCUT2D eigenvalue weighted by Gasteiger charge is 2.29. The van der Waals surface area contributed by atoms with Crippen LogP contribution in [0.15, 0.2) is 75.8 Å². The number of benzene rings is 2. The van der Waals surface area contributed by atoms with Crippen molar-refractivity contribution in [2.75, 3.05) is 59.5 Å². The number of carbonyl (C=O) groups excluding carboxylic acids is 1. The number of hydrogen-bond acceptors (Lipinski definition) is 12. The number of carbonyl (C=O) groups is 1. The van der Waals surface area contributed by atoms with E-state index in [0.717, 1.165) is 51.6 Å². The molecule has 0 saturated carbocycles. The van der Waals surface area contributed by atoms with E-state index >= 15 is 0 Å². The zero-order valence-corrected chi connectivity index (χ0v) is 30.7. The number of hydrazine groups is 1. The van der Waals surface area contributed by atoms with Gasteiger partial charge in [-0.3, -0.25) is 25.0 Å². The summed E-state index contributed by atoms with van der Waals surface area (Å²) in [7, 11) is 2.06. The number of likely N-dealkylation sites (N-methyl/N-ethyl adjacent to an activating group) is 1. The fraction of sp³-hybridized carbons (Fsp3) is 0.474. The summed E-state index contributed by atoms with van der Waals surface area (Å²) >= 11 is 0. The van der Waals surface area contributed by atoms with Crippen LogP contribution in [-0.2, 0) is 9.53 Å².